The highest BCUT2D eigenvalue weighted by Crippen LogP contribution is 2.71. The monoisotopic (exact) mass is 362 g/mol. The molecule has 0 spiro atoms. The van der Waals surface area contributed by atoms with E-state index in [9.17, 15) is 14.7 Å². The third kappa shape index (κ3) is 1.92. The van der Waals surface area contributed by atoms with Gasteiger partial charge in [-0.25, -0.2) is 4.39 Å². The van der Waals surface area contributed by atoms with Crippen molar-refractivity contribution in [1.29, 1.82) is 0 Å². The minimum Gasteiger partial charge on any atom is -0.382 e. The van der Waals surface area contributed by atoms with E-state index in [1.165, 1.54) is 6.92 Å². The largest absolute Gasteiger partial charge is 0.382 e. The number of fused-ring (bicyclic) bond motifs is 5. The number of carbonyl (C=O) groups is 2. The molecule has 1 unspecified atom stereocenters. The van der Waals surface area contributed by atoms with Crippen LogP contribution in [-0.2, 0) is 9.59 Å². The zero-order valence-corrected chi connectivity index (χ0v) is 16.4. The average Bonchev–Trinajstić information content (AvgIpc) is 2.85. The quantitative estimate of drug-likeness (QED) is 0.761. The summed E-state index contributed by atoms with van der Waals surface area (Å²) in [6.45, 7) is 7.61. The number of hydrogen-bond donors (Lipinski definition) is 1. The molecule has 7 atom stereocenters. The molecule has 4 rings (SSSR count). The van der Waals surface area contributed by atoms with E-state index in [-0.39, 0.29) is 29.3 Å². The summed E-state index contributed by atoms with van der Waals surface area (Å²) in [7, 11) is 0. The van der Waals surface area contributed by atoms with E-state index >= 15 is 4.39 Å². The summed E-state index contributed by atoms with van der Waals surface area (Å²) >= 11 is 0. The van der Waals surface area contributed by atoms with Crippen LogP contribution in [0.25, 0.3) is 0 Å². The van der Waals surface area contributed by atoms with Gasteiger partial charge in [-0.05, 0) is 69.3 Å². The van der Waals surface area contributed by atoms with E-state index < -0.39 is 22.1 Å². The maximum atomic E-state index is 16.8. The van der Waals surface area contributed by atoms with Crippen LogP contribution < -0.4 is 0 Å². The lowest BCUT2D eigenvalue weighted by Crippen LogP contribution is -2.64. The van der Waals surface area contributed by atoms with Crippen LogP contribution in [0.4, 0.5) is 4.39 Å². The molecule has 144 valence electrons. The van der Waals surface area contributed by atoms with Crippen molar-refractivity contribution in [3.63, 3.8) is 0 Å². The van der Waals surface area contributed by atoms with E-state index in [0.717, 1.165) is 5.57 Å². The number of halogens is 1. The molecule has 0 bridgehead atoms. The van der Waals surface area contributed by atoms with Crippen molar-refractivity contribution >= 4 is 11.6 Å². The molecule has 0 heterocycles. The molecule has 1 N–H and O–H groups in total. The first-order valence-corrected chi connectivity index (χ1v) is 10.2. The van der Waals surface area contributed by atoms with Crippen LogP contribution in [-0.4, -0.2) is 27.9 Å². The van der Waals surface area contributed by atoms with Crippen molar-refractivity contribution in [3.05, 3.63) is 11.6 Å². The van der Waals surface area contributed by atoms with Crippen LogP contribution in [0.2, 0.25) is 0 Å². The minimum atomic E-state index is -1.35. The van der Waals surface area contributed by atoms with Gasteiger partial charge >= 0.3 is 0 Å². The number of aliphatic hydroxyl groups is 1. The van der Waals surface area contributed by atoms with Gasteiger partial charge in [0.25, 0.3) is 0 Å². The molecule has 3 saturated carbocycles. The normalized spacial score (nSPS) is 53.4. The summed E-state index contributed by atoms with van der Waals surface area (Å²) in [5, 5.41) is 11.2. The van der Waals surface area contributed by atoms with Gasteiger partial charge < -0.3 is 5.11 Å². The Morgan fingerprint density at radius 1 is 1.19 bits per heavy atom. The van der Waals surface area contributed by atoms with Crippen molar-refractivity contribution in [2.45, 2.75) is 83.9 Å². The van der Waals surface area contributed by atoms with Crippen LogP contribution in [0.1, 0.15) is 72.6 Å². The molecule has 0 saturated heterocycles. The zero-order chi connectivity index (χ0) is 19.1. The van der Waals surface area contributed by atoms with Crippen LogP contribution in [0.3, 0.4) is 0 Å². The fraction of sp³-hybridized carbons (Fsp3) is 0.818. The van der Waals surface area contributed by atoms with Crippen LogP contribution >= 0.6 is 0 Å². The predicted molar refractivity (Wildman–Crippen MR) is 97.2 cm³/mol. The third-order valence-corrected chi connectivity index (χ3v) is 9.13. The summed E-state index contributed by atoms with van der Waals surface area (Å²) in [5.74, 6) is -0.00769. The van der Waals surface area contributed by atoms with Crippen molar-refractivity contribution in [2.24, 2.45) is 28.6 Å². The standard InChI is InChI=1S/C22H31FO3/c1-13-11-18-16-6-8-22(26,14(2)24)20(16,4)9-10-21(18,23)19(3)7-5-15(25)12-17(13)19/h12-13,16,18,26H,5-11H2,1-4H3/t13?,16-,18-,19-,20-,21+,22-/m0/s1. The molecule has 0 aromatic heterocycles. The summed E-state index contributed by atoms with van der Waals surface area (Å²) in [4.78, 5) is 24.3. The predicted octanol–water partition coefficient (Wildman–Crippen LogP) is 4.18. The highest BCUT2D eigenvalue weighted by molar-refractivity contribution is 5.92. The zero-order valence-electron chi connectivity index (χ0n) is 16.4. The Morgan fingerprint density at radius 2 is 1.88 bits per heavy atom. The van der Waals surface area contributed by atoms with Gasteiger partial charge in [-0.2, -0.15) is 0 Å². The minimum absolute atomic E-state index is 0.0219. The maximum absolute atomic E-state index is 16.8. The Bertz CT molecular complexity index is 714. The molecule has 0 amide bonds. The Morgan fingerprint density at radius 3 is 2.54 bits per heavy atom. The Labute approximate surface area is 155 Å². The van der Waals surface area contributed by atoms with Crippen molar-refractivity contribution in [3.8, 4) is 0 Å². The van der Waals surface area contributed by atoms with Crippen LogP contribution in [0.15, 0.2) is 11.6 Å². The number of Topliss-reactive ketones (excluding diaryl/α,β-unsaturated/α-hetero) is 1. The van der Waals surface area contributed by atoms with E-state index in [1.54, 1.807) is 6.08 Å². The van der Waals surface area contributed by atoms with E-state index in [0.29, 0.717) is 44.9 Å². The van der Waals surface area contributed by atoms with E-state index in [1.807, 2.05) is 13.8 Å². The molecular formula is C22H31FO3. The molecule has 4 heteroatoms. The SMILES string of the molecule is CC(=O)[C@@]1(O)CC[C@H]2[C@@H]3CC(C)C4=CC(=O)CC[C@]4(C)[C@@]3(F)CC[C@@]21C. The van der Waals surface area contributed by atoms with Gasteiger partial charge in [-0.3, -0.25) is 9.59 Å². The summed E-state index contributed by atoms with van der Waals surface area (Å²) in [6, 6.07) is 0. The lowest BCUT2D eigenvalue weighted by molar-refractivity contribution is -0.185. The van der Waals surface area contributed by atoms with Gasteiger partial charge in [-0.15, -0.1) is 0 Å². The lowest BCUT2D eigenvalue weighted by Gasteiger charge is -2.63. The highest BCUT2D eigenvalue weighted by Gasteiger charge is 2.71. The van der Waals surface area contributed by atoms with Gasteiger partial charge in [0, 0.05) is 17.3 Å². The topological polar surface area (TPSA) is 54.4 Å². The molecule has 3 nitrogen and oxygen atoms in total. The molecule has 0 aliphatic heterocycles. The lowest BCUT2D eigenvalue weighted by atomic mass is 9.43. The van der Waals surface area contributed by atoms with Crippen LogP contribution in [0.5, 0.6) is 0 Å². The number of alkyl halides is 1. The number of rotatable bonds is 1. The molecule has 26 heavy (non-hydrogen) atoms. The second-order valence-corrected chi connectivity index (χ2v) is 9.98. The summed E-state index contributed by atoms with van der Waals surface area (Å²) in [6.07, 6.45) is 5.49. The Balaban J connectivity index is 1.80. The second-order valence-electron chi connectivity index (χ2n) is 9.98. The van der Waals surface area contributed by atoms with Gasteiger partial charge in [0.15, 0.2) is 11.6 Å². The average molecular weight is 362 g/mol. The van der Waals surface area contributed by atoms with Gasteiger partial charge in [0.05, 0.1) is 0 Å². The first-order chi connectivity index (χ1) is 12.0. The molecule has 0 radical (unpaired) electrons. The van der Waals surface area contributed by atoms with Gasteiger partial charge in [-0.1, -0.05) is 26.3 Å². The number of ketones is 2. The molecule has 0 aromatic rings. The van der Waals surface area contributed by atoms with Crippen molar-refractivity contribution in [1.82, 2.24) is 0 Å². The number of carbonyl (C=O) groups excluding carboxylic acids is 2. The second kappa shape index (κ2) is 5.27. The van der Waals surface area contributed by atoms with E-state index in [2.05, 4.69) is 6.92 Å². The Hall–Kier alpha value is -1.03. The van der Waals surface area contributed by atoms with Gasteiger partial charge in [0.2, 0.25) is 0 Å². The fourth-order valence-electron chi connectivity index (χ4n) is 7.44. The molecule has 4 aliphatic carbocycles. The smallest absolute Gasteiger partial charge is 0.161 e. The fourth-order valence-corrected chi connectivity index (χ4v) is 7.44. The first-order valence-electron chi connectivity index (χ1n) is 10.2. The molecule has 3 fully saturated rings. The van der Waals surface area contributed by atoms with Crippen molar-refractivity contribution in [2.75, 3.05) is 0 Å². The maximum Gasteiger partial charge on any atom is 0.161 e. The number of hydrogen-bond acceptors (Lipinski definition) is 3. The summed E-state index contributed by atoms with van der Waals surface area (Å²) < 4.78 is 16.8. The van der Waals surface area contributed by atoms with Crippen molar-refractivity contribution < 1.29 is 19.1 Å². The van der Waals surface area contributed by atoms with Gasteiger partial charge in [0.1, 0.15) is 11.3 Å². The van der Waals surface area contributed by atoms with E-state index in [4.69, 9.17) is 0 Å². The number of allylic oxidation sites excluding steroid dienone is 1. The molecular weight excluding hydrogens is 331 g/mol. The molecule has 0 aromatic carbocycles. The highest BCUT2D eigenvalue weighted by atomic mass is 19.1. The third-order valence-electron chi connectivity index (χ3n) is 9.13. The Kier molecular flexibility index (Phi) is 3.72. The first kappa shape index (κ1) is 18.3. The summed E-state index contributed by atoms with van der Waals surface area (Å²) in [5.41, 5.74) is -2.81. The molecule has 4 aliphatic rings. The van der Waals surface area contributed by atoms with Crippen LogP contribution in [0, 0.1) is 28.6 Å².